The fourth-order valence-corrected chi connectivity index (χ4v) is 2.63. The van der Waals surface area contributed by atoms with Crippen LogP contribution < -0.4 is 10.5 Å². The van der Waals surface area contributed by atoms with Crippen LogP contribution in [0.5, 0.6) is 11.6 Å². The first-order valence-corrected chi connectivity index (χ1v) is 8.37. The summed E-state index contributed by atoms with van der Waals surface area (Å²) in [6, 6.07) is 5.44. The second-order valence-electron chi connectivity index (χ2n) is 6.23. The SMILES string of the molecule is C=CC(=O)N1CC(Oc2ccc(C)c(C(N)=Nc3ccc(O)c(F)c3F)n2)C1. The predicted octanol–water partition coefficient (Wildman–Crippen LogP) is 2.19. The van der Waals surface area contributed by atoms with Gasteiger partial charge in [0.2, 0.25) is 17.6 Å². The number of phenolic OH excluding ortho intramolecular Hbond substituents is 1. The number of nitrogens with two attached hydrogens (primary N) is 1. The number of phenols is 1. The normalized spacial score (nSPS) is 14.5. The van der Waals surface area contributed by atoms with Gasteiger partial charge < -0.3 is 20.5 Å². The summed E-state index contributed by atoms with van der Waals surface area (Å²) in [5.41, 5.74) is 6.48. The van der Waals surface area contributed by atoms with E-state index in [9.17, 15) is 18.7 Å². The van der Waals surface area contributed by atoms with E-state index in [-0.39, 0.29) is 35.1 Å². The highest BCUT2D eigenvalue weighted by atomic mass is 19.2. The van der Waals surface area contributed by atoms with Crippen molar-refractivity contribution in [1.82, 2.24) is 9.88 Å². The Bertz CT molecular complexity index is 972. The van der Waals surface area contributed by atoms with Crippen LogP contribution in [0.3, 0.4) is 0 Å². The summed E-state index contributed by atoms with van der Waals surface area (Å²) >= 11 is 0. The standard InChI is InChI=1S/C19H18F2N4O3/c1-3-15(27)25-8-11(9-25)28-14-7-4-10(2)18(24-14)19(22)23-12-5-6-13(26)17(21)16(12)20/h3-7,11,26H,1,8-9H2,2H3,(H2,22,23). The first-order valence-electron chi connectivity index (χ1n) is 8.37. The molecule has 0 aliphatic carbocycles. The number of amidine groups is 1. The molecule has 0 radical (unpaired) electrons. The number of amides is 1. The Morgan fingerprint density at radius 2 is 2.07 bits per heavy atom. The highest BCUT2D eigenvalue weighted by Gasteiger charge is 2.31. The molecule has 1 aromatic carbocycles. The van der Waals surface area contributed by atoms with Gasteiger partial charge in [0.05, 0.1) is 13.1 Å². The number of likely N-dealkylation sites (tertiary alicyclic amines) is 1. The Morgan fingerprint density at radius 1 is 1.36 bits per heavy atom. The maximum atomic E-state index is 13.9. The third kappa shape index (κ3) is 3.78. The summed E-state index contributed by atoms with van der Waals surface area (Å²) in [5, 5.41) is 9.18. The molecule has 28 heavy (non-hydrogen) atoms. The number of carbonyl (C=O) groups excluding carboxylic acids is 1. The van der Waals surface area contributed by atoms with Crippen LogP contribution in [0.2, 0.25) is 0 Å². The Balaban J connectivity index is 1.79. The molecule has 146 valence electrons. The van der Waals surface area contributed by atoms with E-state index < -0.39 is 17.4 Å². The summed E-state index contributed by atoms with van der Waals surface area (Å²) in [6.45, 7) is 5.99. The average Bonchev–Trinajstić information content (AvgIpc) is 2.65. The molecule has 1 aliphatic heterocycles. The van der Waals surface area contributed by atoms with Crippen molar-refractivity contribution in [2.45, 2.75) is 13.0 Å². The van der Waals surface area contributed by atoms with E-state index in [0.717, 1.165) is 12.1 Å². The monoisotopic (exact) mass is 388 g/mol. The smallest absolute Gasteiger partial charge is 0.246 e. The van der Waals surface area contributed by atoms with E-state index in [1.807, 2.05) is 0 Å². The largest absolute Gasteiger partial charge is 0.505 e. The topological polar surface area (TPSA) is 101 Å². The Kier molecular flexibility index (Phi) is 5.25. The number of benzene rings is 1. The molecule has 1 aromatic heterocycles. The molecule has 2 aromatic rings. The molecule has 1 amide bonds. The summed E-state index contributed by atoms with van der Waals surface area (Å²) in [5.74, 6) is -3.56. The van der Waals surface area contributed by atoms with Crippen LogP contribution >= 0.6 is 0 Å². The number of aryl methyl sites for hydroxylation is 1. The third-order valence-corrected chi connectivity index (χ3v) is 4.22. The zero-order valence-electron chi connectivity index (χ0n) is 15.0. The minimum atomic E-state index is -1.40. The summed E-state index contributed by atoms with van der Waals surface area (Å²) in [6.07, 6.45) is 1.02. The first kappa shape index (κ1) is 19.3. The molecule has 3 rings (SSSR count). The second-order valence-corrected chi connectivity index (χ2v) is 6.23. The molecule has 1 saturated heterocycles. The number of hydrogen-bond donors (Lipinski definition) is 2. The summed E-state index contributed by atoms with van der Waals surface area (Å²) in [7, 11) is 0. The molecule has 9 heteroatoms. The van der Waals surface area contributed by atoms with Crippen molar-refractivity contribution in [3.8, 4) is 11.6 Å². The van der Waals surface area contributed by atoms with Gasteiger partial charge in [-0.15, -0.1) is 0 Å². The number of hydrogen-bond acceptors (Lipinski definition) is 5. The van der Waals surface area contributed by atoms with E-state index in [1.165, 1.54) is 6.08 Å². The third-order valence-electron chi connectivity index (χ3n) is 4.22. The van der Waals surface area contributed by atoms with E-state index in [1.54, 1.807) is 24.0 Å². The van der Waals surface area contributed by atoms with Gasteiger partial charge in [-0.3, -0.25) is 4.79 Å². The Labute approximate surface area is 159 Å². The van der Waals surface area contributed by atoms with Gasteiger partial charge in [0.25, 0.3) is 0 Å². The maximum Gasteiger partial charge on any atom is 0.246 e. The van der Waals surface area contributed by atoms with Crippen LogP contribution in [-0.2, 0) is 4.79 Å². The van der Waals surface area contributed by atoms with Crippen molar-refractivity contribution >= 4 is 17.4 Å². The fraction of sp³-hybridized carbons (Fsp3) is 0.211. The minimum absolute atomic E-state index is 0.135. The molecule has 0 bridgehead atoms. The Hall–Kier alpha value is -3.49. The van der Waals surface area contributed by atoms with Crippen LogP contribution in [0, 0.1) is 18.6 Å². The molecule has 3 N–H and O–H groups in total. The molecule has 0 spiro atoms. The van der Waals surface area contributed by atoms with Crippen LogP contribution in [0.25, 0.3) is 0 Å². The summed E-state index contributed by atoms with van der Waals surface area (Å²) < 4.78 is 33.1. The number of carbonyl (C=O) groups is 1. The van der Waals surface area contributed by atoms with Crippen molar-refractivity contribution in [3.63, 3.8) is 0 Å². The molecular weight excluding hydrogens is 370 g/mol. The lowest BCUT2D eigenvalue weighted by atomic mass is 10.1. The molecular formula is C19H18F2N4O3. The first-order chi connectivity index (χ1) is 13.3. The average molecular weight is 388 g/mol. The van der Waals surface area contributed by atoms with Gasteiger partial charge in [-0.05, 0) is 30.7 Å². The van der Waals surface area contributed by atoms with Gasteiger partial charge in [-0.25, -0.2) is 14.4 Å². The lowest BCUT2D eigenvalue weighted by molar-refractivity contribution is -0.134. The van der Waals surface area contributed by atoms with Gasteiger partial charge in [0, 0.05) is 6.07 Å². The van der Waals surface area contributed by atoms with Crippen molar-refractivity contribution in [1.29, 1.82) is 0 Å². The highest BCUT2D eigenvalue weighted by molar-refractivity contribution is 5.98. The number of rotatable bonds is 5. The molecule has 0 unspecified atom stereocenters. The van der Waals surface area contributed by atoms with Gasteiger partial charge >= 0.3 is 0 Å². The summed E-state index contributed by atoms with van der Waals surface area (Å²) in [4.78, 5) is 21.2. The Morgan fingerprint density at radius 3 is 2.75 bits per heavy atom. The molecule has 0 atom stereocenters. The van der Waals surface area contributed by atoms with Crippen LogP contribution in [0.15, 0.2) is 41.9 Å². The van der Waals surface area contributed by atoms with Crippen molar-refractivity contribution in [2.24, 2.45) is 10.7 Å². The molecule has 2 heterocycles. The van der Waals surface area contributed by atoms with E-state index in [2.05, 4.69) is 16.6 Å². The van der Waals surface area contributed by atoms with Gasteiger partial charge in [-0.2, -0.15) is 4.39 Å². The van der Waals surface area contributed by atoms with Crippen LogP contribution in [0.4, 0.5) is 14.5 Å². The minimum Gasteiger partial charge on any atom is -0.505 e. The highest BCUT2D eigenvalue weighted by Crippen LogP contribution is 2.27. The van der Waals surface area contributed by atoms with Gasteiger partial charge in [0.15, 0.2) is 17.4 Å². The number of pyridine rings is 1. The molecule has 1 aliphatic rings. The molecule has 0 saturated carbocycles. The van der Waals surface area contributed by atoms with E-state index in [0.29, 0.717) is 18.7 Å². The molecule has 7 nitrogen and oxygen atoms in total. The van der Waals surface area contributed by atoms with Gasteiger partial charge in [-0.1, -0.05) is 12.6 Å². The van der Waals surface area contributed by atoms with Crippen molar-refractivity contribution < 1.29 is 23.4 Å². The van der Waals surface area contributed by atoms with Crippen molar-refractivity contribution in [2.75, 3.05) is 13.1 Å². The van der Waals surface area contributed by atoms with Gasteiger partial charge in [0.1, 0.15) is 17.5 Å². The maximum absolute atomic E-state index is 13.9. The van der Waals surface area contributed by atoms with E-state index in [4.69, 9.17) is 10.5 Å². The zero-order chi connectivity index (χ0) is 20.4. The second kappa shape index (κ2) is 7.63. The lowest BCUT2D eigenvalue weighted by Gasteiger charge is -2.38. The number of nitrogens with zero attached hydrogens (tertiary/aromatic N) is 3. The molecule has 1 fully saturated rings. The van der Waals surface area contributed by atoms with E-state index >= 15 is 0 Å². The van der Waals surface area contributed by atoms with Crippen LogP contribution in [0.1, 0.15) is 11.3 Å². The number of aromatic nitrogens is 1. The number of aliphatic imine (C=N–C) groups is 1. The fourth-order valence-electron chi connectivity index (χ4n) is 2.63. The zero-order valence-corrected chi connectivity index (χ0v) is 15.0. The van der Waals surface area contributed by atoms with Crippen LogP contribution in [-0.4, -0.2) is 45.9 Å². The predicted molar refractivity (Wildman–Crippen MR) is 98.6 cm³/mol. The number of ether oxygens (including phenoxy) is 1. The lowest BCUT2D eigenvalue weighted by Crippen LogP contribution is -2.55. The quantitative estimate of drug-likeness (QED) is 0.465. The van der Waals surface area contributed by atoms with Crippen molar-refractivity contribution in [3.05, 3.63) is 59.8 Å². The number of aromatic hydroxyl groups is 1. The number of halogens is 2.